The van der Waals surface area contributed by atoms with Crippen LogP contribution in [0.2, 0.25) is 5.02 Å². The summed E-state index contributed by atoms with van der Waals surface area (Å²) in [6.07, 6.45) is 5.27. The van der Waals surface area contributed by atoms with Gasteiger partial charge < -0.3 is 10.1 Å². The van der Waals surface area contributed by atoms with E-state index in [0.29, 0.717) is 33.1 Å². The molecule has 0 aliphatic rings. The van der Waals surface area contributed by atoms with E-state index >= 15 is 0 Å². The summed E-state index contributed by atoms with van der Waals surface area (Å²) in [6.45, 7) is 1.96. The monoisotopic (exact) mass is 546 g/mol. The van der Waals surface area contributed by atoms with E-state index in [4.69, 9.17) is 16.3 Å². The third kappa shape index (κ3) is 6.56. The van der Waals surface area contributed by atoms with E-state index in [1.54, 1.807) is 24.4 Å². The fourth-order valence-electron chi connectivity index (χ4n) is 3.36. The lowest BCUT2D eigenvalue weighted by Crippen LogP contribution is -2.12. The number of sulfonamides is 1. The van der Waals surface area contributed by atoms with Gasteiger partial charge in [0, 0.05) is 39.1 Å². The normalized spacial score (nSPS) is 11.2. The van der Waals surface area contributed by atoms with Crippen LogP contribution >= 0.6 is 22.9 Å². The largest absolute Gasteiger partial charge is 0.487 e. The quantitative estimate of drug-likeness (QED) is 0.301. The topological polar surface area (TPSA) is 110 Å². The number of hydrogen-bond acceptors (Lipinski definition) is 7. The maximum absolute atomic E-state index is 13.4. The Morgan fingerprint density at radius 2 is 1.94 bits per heavy atom. The summed E-state index contributed by atoms with van der Waals surface area (Å²) in [6, 6.07) is 10.9. The number of carbonyl (C=O) groups excluding carboxylic acids is 1. The molecule has 0 fully saturated rings. The van der Waals surface area contributed by atoms with Gasteiger partial charge in [-0.2, -0.15) is 0 Å². The zero-order valence-electron chi connectivity index (χ0n) is 19.1. The minimum absolute atomic E-state index is 0.0958. The third-order valence-electron chi connectivity index (χ3n) is 4.78. The van der Waals surface area contributed by atoms with Gasteiger partial charge in [0.05, 0.1) is 23.0 Å². The van der Waals surface area contributed by atoms with Crippen molar-refractivity contribution in [3.63, 3.8) is 0 Å². The van der Waals surface area contributed by atoms with Gasteiger partial charge in [0.2, 0.25) is 10.0 Å². The Kier molecular flexibility index (Phi) is 7.53. The van der Waals surface area contributed by atoms with Crippen LogP contribution < -0.4 is 14.8 Å². The summed E-state index contributed by atoms with van der Waals surface area (Å²) >= 11 is 7.36. The summed E-state index contributed by atoms with van der Waals surface area (Å²) < 4.78 is 44.7. The average molecular weight is 547 g/mol. The Bertz CT molecular complexity index is 1540. The predicted molar refractivity (Wildman–Crippen MR) is 139 cm³/mol. The summed E-state index contributed by atoms with van der Waals surface area (Å²) in [5.74, 6) is -0.377. The minimum atomic E-state index is -3.51. The number of anilines is 2. The molecule has 186 valence electrons. The van der Waals surface area contributed by atoms with E-state index in [9.17, 15) is 17.6 Å². The molecule has 8 nitrogen and oxygen atoms in total. The molecule has 1 aromatic carbocycles. The van der Waals surface area contributed by atoms with E-state index in [-0.39, 0.29) is 17.3 Å². The van der Waals surface area contributed by atoms with Gasteiger partial charge in [-0.25, -0.2) is 12.8 Å². The van der Waals surface area contributed by atoms with E-state index < -0.39 is 21.7 Å². The molecule has 2 N–H and O–H groups in total. The van der Waals surface area contributed by atoms with Crippen molar-refractivity contribution >= 4 is 50.2 Å². The van der Waals surface area contributed by atoms with Crippen molar-refractivity contribution in [3.8, 4) is 17.0 Å². The molecule has 4 rings (SSSR count). The Labute approximate surface area is 216 Å². The van der Waals surface area contributed by atoms with Crippen LogP contribution in [0.15, 0.2) is 61.1 Å². The van der Waals surface area contributed by atoms with Crippen LogP contribution in [-0.2, 0) is 16.6 Å². The van der Waals surface area contributed by atoms with Gasteiger partial charge in [0.1, 0.15) is 23.9 Å². The van der Waals surface area contributed by atoms with Crippen molar-refractivity contribution in [1.29, 1.82) is 0 Å². The molecule has 0 atom stereocenters. The Morgan fingerprint density at radius 3 is 2.69 bits per heavy atom. The maximum Gasteiger partial charge on any atom is 0.265 e. The highest BCUT2D eigenvalue weighted by molar-refractivity contribution is 7.92. The maximum atomic E-state index is 13.4. The molecule has 0 aliphatic carbocycles. The number of thiophene rings is 1. The number of hydrogen-bond donors (Lipinski definition) is 2. The molecule has 4 aromatic rings. The van der Waals surface area contributed by atoms with Gasteiger partial charge in [0.25, 0.3) is 5.91 Å². The first-order chi connectivity index (χ1) is 17.1. The molecule has 3 heterocycles. The fourth-order valence-corrected chi connectivity index (χ4v) is 5.06. The second-order valence-electron chi connectivity index (χ2n) is 7.79. The SMILES string of the molecule is Cc1sc(C(=O)Nc2cc(Cl)cc(NS(C)(=O)=O)c2)cc1-c1ncccc1OCc1cncc(F)c1. The van der Waals surface area contributed by atoms with Crippen molar-refractivity contribution in [1.82, 2.24) is 9.97 Å². The van der Waals surface area contributed by atoms with Gasteiger partial charge in [-0.1, -0.05) is 11.6 Å². The van der Waals surface area contributed by atoms with E-state index in [1.807, 2.05) is 6.92 Å². The summed E-state index contributed by atoms with van der Waals surface area (Å²) in [7, 11) is -3.51. The smallest absolute Gasteiger partial charge is 0.265 e. The van der Waals surface area contributed by atoms with E-state index in [2.05, 4.69) is 20.0 Å². The number of rotatable bonds is 8. The highest BCUT2D eigenvalue weighted by Crippen LogP contribution is 2.36. The molecule has 0 radical (unpaired) electrons. The standard InChI is InChI=1S/C24H20ClFN4O4S2/c1-14-20(23-21(4-3-5-28-23)34-13-15-6-17(26)12-27-11-15)10-22(35-14)24(31)29-18-7-16(25)8-19(9-18)30-36(2,32)33/h3-12,30H,13H2,1-2H3,(H,29,31). The molecule has 1 amide bonds. The number of halogens is 2. The molecule has 12 heteroatoms. The zero-order valence-corrected chi connectivity index (χ0v) is 21.5. The molecule has 0 bridgehead atoms. The first-order valence-electron chi connectivity index (χ1n) is 10.5. The van der Waals surface area contributed by atoms with Crippen molar-refractivity contribution in [3.05, 3.63) is 87.2 Å². The number of aromatic nitrogens is 2. The molecule has 3 aromatic heterocycles. The minimum Gasteiger partial charge on any atom is -0.487 e. The molecule has 0 aliphatic heterocycles. The van der Waals surface area contributed by atoms with Crippen LogP contribution in [0.5, 0.6) is 5.75 Å². The summed E-state index contributed by atoms with van der Waals surface area (Å²) in [5, 5.41) is 3.00. The Morgan fingerprint density at radius 1 is 1.17 bits per heavy atom. The van der Waals surface area contributed by atoms with Crippen molar-refractivity contribution in [2.75, 3.05) is 16.3 Å². The first-order valence-corrected chi connectivity index (χ1v) is 13.5. The Balaban J connectivity index is 1.55. The van der Waals surface area contributed by atoms with Gasteiger partial charge in [-0.15, -0.1) is 11.3 Å². The number of benzene rings is 1. The van der Waals surface area contributed by atoms with Crippen LogP contribution in [0.3, 0.4) is 0 Å². The van der Waals surface area contributed by atoms with Gasteiger partial charge in [-0.3, -0.25) is 19.5 Å². The molecule has 0 saturated carbocycles. The van der Waals surface area contributed by atoms with E-state index in [1.165, 1.54) is 41.8 Å². The molecule has 0 unspecified atom stereocenters. The number of carbonyl (C=O) groups is 1. The van der Waals surface area contributed by atoms with E-state index in [0.717, 1.165) is 17.3 Å². The number of amides is 1. The predicted octanol–water partition coefficient (Wildman–Crippen LogP) is 5.51. The number of aryl methyl sites for hydroxylation is 1. The molecular formula is C24H20ClFN4O4S2. The number of pyridine rings is 2. The third-order valence-corrected chi connectivity index (χ3v) is 6.66. The lowest BCUT2D eigenvalue weighted by Gasteiger charge is -2.10. The van der Waals surface area contributed by atoms with Crippen LogP contribution in [-0.4, -0.2) is 30.5 Å². The van der Waals surface area contributed by atoms with Crippen molar-refractivity contribution < 1.29 is 22.3 Å². The lowest BCUT2D eigenvalue weighted by molar-refractivity contribution is 0.103. The fraction of sp³-hybridized carbons (Fsp3) is 0.125. The molecule has 0 spiro atoms. The highest BCUT2D eigenvalue weighted by atomic mass is 35.5. The number of nitrogens with zero attached hydrogens (tertiary/aromatic N) is 2. The van der Waals surface area contributed by atoms with Crippen LogP contribution in [0.1, 0.15) is 20.1 Å². The summed E-state index contributed by atoms with van der Waals surface area (Å²) in [5.41, 5.74) is 2.38. The summed E-state index contributed by atoms with van der Waals surface area (Å²) in [4.78, 5) is 22.5. The second-order valence-corrected chi connectivity index (χ2v) is 11.2. The second kappa shape index (κ2) is 10.6. The van der Waals surface area contributed by atoms with Crippen molar-refractivity contribution in [2.24, 2.45) is 0 Å². The number of nitrogens with one attached hydrogen (secondary N) is 2. The molecule has 36 heavy (non-hydrogen) atoms. The highest BCUT2D eigenvalue weighted by Gasteiger charge is 2.18. The lowest BCUT2D eigenvalue weighted by atomic mass is 10.1. The van der Waals surface area contributed by atoms with Crippen LogP contribution in [0, 0.1) is 12.7 Å². The van der Waals surface area contributed by atoms with Crippen LogP contribution in [0.25, 0.3) is 11.3 Å². The molecule has 0 saturated heterocycles. The first kappa shape index (κ1) is 25.5. The Hall–Kier alpha value is -3.54. The van der Waals surface area contributed by atoms with Crippen LogP contribution in [0.4, 0.5) is 15.8 Å². The van der Waals surface area contributed by atoms with Gasteiger partial charge in [-0.05, 0) is 49.4 Å². The van der Waals surface area contributed by atoms with Gasteiger partial charge in [0.15, 0.2) is 0 Å². The average Bonchev–Trinajstić information content (AvgIpc) is 3.18. The van der Waals surface area contributed by atoms with Gasteiger partial charge >= 0.3 is 0 Å². The molecular weight excluding hydrogens is 527 g/mol. The van der Waals surface area contributed by atoms with Crippen molar-refractivity contribution in [2.45, 2.75) is 13.5 Å². The zero-order chi connectivity index (χ0) is 25.9. The number of ether oxygens (including phenoxy) is 1.